The molecule has 6 atom stereocenters. The van der Waals surface area contributed by atoms with E-state index in [1.165, 1.54) is 0 Å². The zero-order chi connectivity index (χ0) is 33.8. The smallest absolute Gasteiger partial charge is 0.278 e. The Morgan fingerprint density at radius 1 is 0.979 bits per heavy atom. The van der Waals surface area contributed by atoms with E-state index in [0.717, 1.165) is 10.4 Å². The summed E-state index contributed by atoms with van der Waals surface area (Å²) >= 11 is 18.1. The van der Waals surface area contributed by atoms with Gasteiger partial charge in [0.2, 0.25) is 5.96 Å². The van der Waals surface area contributed by atoms with Crippen molar-refractivity contribution in [2.75, 3.05) is 6.61 Å². The van der Waals surface area contributed by atoms with Gasteiger partial charge in [0.15, 0.2) is 5.66 Å². The molecule has 3 aromatic carbocycles. The van der Waals surface area contributed by atoms with E-state index >= 15 is 0 Å². The van der Waals surface area contributed by atoms with E-state index in [2.05, 4.69) is 67.6 Å². The second-order valence-corrected chi connectivity index (χ2v) is 19.7. The average molecular weight is 715 g/mol. The maximum absolute atomic E-state index is 13.2. The van der Waals surface area contributed by atoms with Crippen LogP contribution in [0.1, 0.15) is 32.4 Å². The van der Waals surface area contributed by atoms with Crippen molar-refractivity contribution in [3.8, 4) is 0 Å². The Hall–Kier alpha value is -3.09. The molecule has 248 valence electrons. The zero-order valence-electron chi connectivity index (χ0n) is 26.2. The van der Waals surface area contributed by atoms with Gasteiger partial charge in [-0.1, -0.05) is 153 Å². The summed E-state index contributed by atoms with van der Waals surface area (Å²) in [5, 5.41) is 34.8. The van der Waals surface area contributed by atoms with Crippen molar-refractivity contribution in [3.63, 3.8) is 0 Å². The highest BCUT2D eigenvalue weighted by atomic mass is 35.6. The summed E-state index contributed by atoms with van der Waals surface area (Å²) in [5.74, 6) is -0.504. The van der Waals surface area contributed by atoms with Gasteiger partial charge in [-0.2, -0.15) is 0 Å². The van der Waals surface area contributed by atoms with Gasteiger partial charge in [0.05, 0.1) is 24.5 Å². The molecule has 0 saturated carbocycles. The molecule has 0 bridgehead atoms. The molecule has 3 aliphatic rings. The molecule has 2 fully saturated rings. The number of hydrogen-bond donors (Lipinski definition) is 5. The number of halogens is 3. The minimum Gasteiger partial charge on any atom is -0.405 e. The van der Waals surface area contributed by atoms with Crippen molar-refractivity contribution in [1.29, 1.82) is 0 Å². The van der Waals surface area contributed by atoms with Crippen molar-refractivity contribution in [3.05, 3.63) is 109 Å². The monoisotopic (exact) mass is 713 g/mol. The third kappa shape index (κ3) is 5.63. The maximum atomic E-state index is 13.2. The predicted molar refractivity (Wildman–Crippen MR) is 188 cm³/mol. The number of amides is 1. The van der Waals surface area contributed by atoms with Crippen LogP contribution in [0.15, 0.2) is 108 Å². The van der Waals surface area contributed by atoms with Crippen molar-refractivity contribution < 1.29 is 19.4 Å². The summed E-state index contributed by atoms with van der Waals surface area (Å²) in [6, 6.07) is 27.4. The van der Waals surface area contributed by atoms with Crippen LogP contribution < -0.4 is 26.3 Å². The summed E-state index contributed by atoms with van der Waals surface area (Å²) in [6.07, 6.45) is -2.67. The zero-order valence-corrected chi connectivity index (χ0v) is 29.5. The lowest BCUT2D eigenvalue weighted by atomic mass is 9.88. The number of hydrogen-bond acceptors (Lipinski definition) is 8. The molecule has 5 N–H and O–H groups in total. The summed E-state index contributed by atoms with van der Waals surface area (Å²) in [5.41, 5.74) is -0.721. The van der Waals surface area contributed by atoms with Gasteiger partial charge in [-0.15, -0.1) is 0 Å². The van der Waals surface area contributed by atoms with Crippen molar-refractivity contribution in [2.24, 2.45) is 4.99 Å². The Balaban J connectivity index is 1.50. The third-order valence-electron chi connectivity index (χ3n) is 9.34. The summed E-state index contributed by atoms with van der Waals surface area (Å²) < 4.78 is 4.96. The second kappa shape index (κ2) is 12.4. The molecule has 47 heavy (non-hydrogen) atoms. The van der Waals surface area contributed by atoms with Gasteiger partial charge in [0.25, 0.3) is 18.0 Å². The second-order valence-electron chi connectivity index (χ2n) is 13.2. The molecular weight excluding hydrogens is 677 g/mol. The molecule has 3 aliphatic heterocycles. The fraction of sp³-hybridized carbons (Fsp3) is 0.353. The number of aliphatic imine (C=N–C) groups is 1. The number of rotatable bonds is 6. The SMILES string of the molecule is C=C1N[C@H]2[C@H](CO[Si](c3ccccc3)(c3ccccc3)C(C)(C)C)N=C(NC(=O)C(Cl)(Cl)Cl)N3[C@@H](c4ccccc4)[C@H](O)[C@H](O)C23N1. The molecule has 9 nitrogen and oxygen atoms in total. The quantitative estimate of drug-likeness (QED) is 0.197. The van der Waals surface area contributed by atoms with Crippen molar-refractivity contribution >= 4 is 65.4 Å². The number of carbonyl (C=O) groups is 1. The van der Waals surface area contributed by atoms with Crippen LogP contribution in [-0.2, 0) is 9.22 Å². The molecular formula is C34H38Cl3N5O4Si. The fourth-order valence-electron chi connectivity index (χ4n) is 7.44. The van der Waals surface area contributed by atoms with Crippen LogP contribution in [0.4, 0.5) is 0 Å². The van der Waals surface area contributed by atoms with E-state index < -0.39 is 54.0 Å². The maximum Gasteiger partial charge on any atom is 0.278 e. The molecule has 3 aromatic rings. The van der Waals surface area contributed by atoms with Gasteiger partial charge < -0.3 is 30.2 Å². The molecule has 1 amide bonds. The van der Waals surface area contributed by atoms with Gasteiger partial charge in [-0.05, 0) is 21.0 Å². The average Bonchev–Trinajstić information content (AvgIpc) is 3.50. The number of nitrogens with zero attached hydrogens (tertiary/aromatic N) is 2. The lowest BCUT2D eigenvalue weighted by molar-refractivity contribution is -0.119. The van der Waals surface area contributed by atoms with Crippen molar-refractivity contribution in [2.45, 2.75) is 65.6 Å². The third-order valence-corrected chi connectivity index (χ3v) is 14.9. The number of aliphatic hydroxyl groups is 2. The van der Waals surface area contributed by atoms with E-state index in [1.807, 2.05) is 66.7 Å². The highest BCUT2D eigenvalue weighted by Gasteiger charge is 2.69. The Labute approximate surface area is 290 Å². The molecule has 0 radical (unpaired) electrons. The van der Waals surface area contributed by atoms with Gasteiger partial charge in [-0.3, -0.25) is 10.1 Å². The highest BCUT2D eigenvalue weighted by molar-refractivity contribution is 6.99. The largest absolute Gasteiger partial charge is 0.405 e. The van der Waals surface area contributed by atoms with Crippen molar-refractivity contribution in [1.82, 2.24) is 20.9 Å². The van der Waals surface area contributed by atoms with Gasteiger partial charge in [-0.25, -0.2) is 4.99 Å². The number of aliphatic hydroxyl groups excluding tert-OH is 2. The molecule has 0 aromatic heterocycles. The first-order chi connectivity index (χ1) is 22.2. The van der Waals surface area contributed by atoms with Gasteiger partial charge in [0, 0.05) is 0 Å². The standard InChI is InChI=1S/C34H38Cl3N5O4Si/c1-21-38-28-25(20-46-47(32(2,3)4,23-16-10-6-11-17-23)24-18-12-7-13-19-24)39-31(40-30(45)34(35,36)37)42-26(22-14-8-5-9-15-22)27(43)29(44)33(28,42)41-21/h5-19,25-29,38,41,43-44H,1,20H2,2-4H3,(H,39,40,45)/t25-,26-,27-,28-,29-,33?/m0/s1. The van der Waals surface area contributed by atoms with E-state index in [0.29, 0.717) is 11.4 Å². The number of guanidine groups is 1. The lowest BCUT2D eigenvalue weighted by Gasteiger charge is -2.50. The first kappa shape index (κ1) is 33.8. The predicted octanol–water partition coefficient (Wildman–Crippen LogP) is 3.30. The van der Waals surface area contributed by atoms with Crippen LogP contribution in [0.5, 0.6) is 0 Å². The van der Waals surface area contributed by atoms with E-state index in [9.17, 15) is 15.0 Å². The first-order valence-corrected chi connectivity index (χ1v) is 18.4. The summed E-state index contributed by atoms with van der Waals surface area (Å²) in [7, 11) is -3.03. The van der Waals surface area contributed by atoms with Crippen LogP contribution in [0.25, 0.3) is 0 Å². The van der Waals surface area contributed by atoms with Gasteiger partial charge in [0.1, 0.15) is 18.2 Å². The number of nitrogens with one attached hydrogen (secondary N) is 3. The molecule has 1 unspecified atom stereocenters. The lowest BCUT2D eigenvalue weighted by Crippen LogP contribution is -2.74. The van der Waals surface area contributed by atoms with Crippen LogP contribution in [0, 0.1) is 0 Å². The normalized spacial score (nSPS) is 27.3. The summed E-state index contributed by atoms with van der Waals surface area (Å²) in [4.78, 5) is 19.9. The summed E-state index contributed by atoms with van der Waals surface area (Å²) in [6.45, 7) is 10.7. The minimum atomic E-state index is -3.03. The molecule has 3 heterocycles. The first-order valence-electron chi connectivity index (χ1n) is 15.4. The molecule has 2 saturated heterocycles. The molecule has 6 rings (SSSR count). The Bertz CT molecular complexity index is 1620. The fourth-order valence-corrected chi connectivity index (χ4v) is 12.2. The van der Waals surface area contributed by atoms with E-state index in [4.69, 9.17) is 44.2 Å². The number of benzene rings is 3. The van der Waals surface area contributed by atoms with Crippen LogP contribution in [-0.4, -0.2) is 75.7 Å². The van der Waals surface area contributed by atoms with E-state index in [1.54, 1.807) is 4.90 Å². The Morgan fingerprint density at radius 3 is 2.02 bits per heavy atom. The Morgan fingerprint density at radius 2 is 1.51 bits per heavy atom. The van der Waals surface area contributed by atoms with E-state index in [-0.39, 0.29) is 17.6 Å². The topological polar surface area (TPSA) is 118 Å². The van der Waals surface area contributed by atoms with Crippen LogP contribution in [0.3, 0.4) is 0 Å². The highest BCUT2D eigenvalue weighted by Crippen LogP contribution is 2.49. The van der Waals surface area contributed by atoms with Crippen LogP contribution >= 0.6 is 34.8 Å². The van der Waals surface area contributed by atoms with Crippen LogP contribution in [0.2, 0.25) is 5.04 Å². The molecule has 13 heteroatoms. The minimum absolute atomic E-state index is 0.0158. The number of alkyl halides is 3. The molecule has 0 aliphatic carbocycles. The Kier molecular flexibility index (Phi) is 8.93. The molecule has 1 spiro atoms. The van der Waals surface area contributed by atoms with Gasteiger partial charge >= 0.3 is 0 Å². The number of carbonyl (C=O) groups excluding carboxylic acids is 1.